The Bertz CT molecular complexity index is 644. The van der Waals surface area contributed by atoms with Crippen molar-refractivity contribution in [2.75, 3.05) is 0 Å². The molecule has 0 aliphatic carbocycles. The van der Waals surface area contributed by atoms with E-state index in [9.17, 15) is 10.1 Å². The molecule has 0 saturated heterocycles. The molecule has 0 aliphatic rings. The van der Waals surface area contributed by atoms with Gasteiger partial charge in [0.05, 0.1) is 6.07 Å². The number of nitrogens with zero attached hydrogens (tertiary/aromatic N) is 1. The maximum Gasteiger partial charge on any atom is 0.185 e. The third kappa shape index (κ3) is 2.81. The van der Waals surface area contributed by atoms with Crippen molar-refractivity contribution in [3.8, 4) is 6.07 Å². The Morgan fingerprint density at radius 3 is 2.45 bits per heavy atom. The van der Waals surface area contributed by atoms with E-state index in [-0.39, 0.29) is 11.2 Å². The number of hydrogen-bond donors (Lipinski definition) is 0. The highest BCUT2D eigenvalue weighted by atomic mass is 32.1. The van der Waals surface area contributed by atoms with Crippen LogP contribution in [-0.2, 0) is 5.41 Å². The zero-order valence-corrected chi connectivity index (χ0v) is 12.7. The van der Waals surface area contributed by atoms with Gasteiger partial charge in [-0.2, -0.15) is 5.26 Å². The van der Waals surface area contributed by atoms with E-state index in [4.69, 9.17) is 0 Å². The summed E-state index contributed by atoms with van der Waals surface area (Å²) in [5, 5.41) is 11.3. The molecule has 0 amide bonds. The van der Waals surface area contributed by atoms with Crippen LogP contribution in [0.1, 0.15) is 47.5 Å². The molecule has 1 unspecified atom stereocenters. The highest BCUT2D eigenvalue weighted by Crippen LogP contribution is 2.31. The van der Waals surface area contributed by atoms with Crippen molar-refractivity contribution in [1.82, 2.24) is 0 Å². The highest BCUT2D eigenvalue weighted by Gasteiger charge is 2.27. The molecule has 0 bridgehead atoms. The lowest BCUT2D eigenvalue weighted by Gasteiger charge is -2.23. The van der Waals surface area contributed by atoms with Gasteiger partial charge in [0.15, 0.2) is 5.78 Å². The smallest absolute Gasteiger partial charge is 0.185 e. The molecule has 0 radical (unpaired) electrons. The van der Waals surface area contributed by atoms with Crippen molar-refractivity contribution in [3.05, 3.63) is 57.8 Å². The van der Waals surface area contributed by atoms with Crippen molar-refractivity contribution in [2.24, 2.45) is 0 Å². The average molecular weight is 283 g/mol. The van der Waals surface area contributed by atoms with Crippen LogP contribution in [0.3, 0.4) is 0 Å². The van der Waals surface area contributed by atoms with Gasteiger partial charge in [-0.25, -0.2) is 0 Å². The molecule has 0 fully saturated rings. The minimum atomic E-state index is -0.710. The number of Topliss-reactive ketones (excluding diaryl/α,β-unsaturated/α-hetero) is 1. The summed E-state index contributed by atoms with van der Waals surface area (Å²) in [6.45, 7) is 6.23. The van der Waals surface area contributed by atoms with Gasteiger partial charge in [-0.1, -0.05) is 51.1 Å². The molecule has 1 heterocycles. The first kappa shape index (κ1) is 14.5. The molecule has 0 N–H and O–H groups in total. The van der Waals surface area contributed by atoms with Crippen LogP contribution in [0.4, 0.5) is 0 Å². The summed E-state index contributed by atoms with van der Waals surface area (Å²) in [6.07, 6.45) is 0. The predicted molar refractivity (Wildman–Crippen MR) is 82.1 cm³/mol. The van der Waals surface area contributed by atoms with E-state index in [1.54, 1.807) is 0 Å². The fraction of sp³-hybridized carbons (Fsp3) is 0.294. The molecular formula is C17H17NOS. The van der Waals surface area contributed by atoms with Gasteiger partial charge in [-0.15, -0.1) is 11.3 Å². The Kier molecular flexibility index (Phi) is 4.06. The molecule has 0 aliphatic heterocycles. The second-order valence-corrected chi connectivity index (χ2v) is 6.72. The minimum absolute atomic E-state index is 0.111. The molecule has 20 heavy (non-hydrogen) atoms. The topological polar surface area (TPSA) is 40.9 Å². The molecule has 0 saturated carbocycles. The number of rotatable bonds is 3. The highest BCUT2D eigenvalue weighted by molar-refractivity contribution is 7.10. The summed E-state index contributed by atoms with van der Waals surface area (Å²) in [4.78, 5) is 13.5. The number of thiophene rings is 1. The molecule has 102 valence electrons. The summed E-state index contributed by atoms with van der Waals surface area (Å²) < 4.78 is 0. The molecule has 0 spiro atoms. The maximum atomic E-state index is 12.7. The Balaban J connectivity index is 2.47. The minimum Gasteiger partial charge on any atom is -0.292 e. The van der Waals surface area contributed by atoms with Gasteiger partial charge in [0.2, 0.25) is 0 Å². The van der Waals surface area contributed by atoms with Gasteiger partial charge in [0.1, 0.15) is 5.92 Å². The van der Waals surface area contributed by atoms with Crippen molar-refractivity contribution < 1.29 is 4.79 Å². The van der Waals surface area contributed by atoms with Crippen molar-refractivity contribution in [3.63, 3.8) is 0 Å². The van der Waals surface area contributed by atoms with E-state index in [1.807, 2.05) is 41.8 Å². The predicted octanol–water partition coefficient (Wildman–Crippen LogP) is 4.54. The number of carbonyl (C=O) groups excluding carboxylic acids is 1. The first-order valence-electron chi connectivity index (χ1n) is 6.52. The number of nitriles is 1. The molecule has 3 heteroatoms. The van der Waals surface area contributed by atoms with Crippen LogP contribution >= 0.6 is 11.3 Å². The lowest BCUT2D eigenvalue weighted by molar-refractivity contribution is 0.0977. The van der Waals surface area contributed by atoms with Crippen LogP contribution in [0.25, 0.3) is 0 Å². The van der Waals surface area contributed by atoms with Crippen LogP contribution in [0.2, 0.25) is 0 Å². The van der Waals surface area contributed by atoms with Gasteiger partial charge in [0.25, 0.3) is 0 Å². The Labute approximate surface area is 123 Å². The van der Waals surface area contributed by atoms with Gasteiger partial charge in [-0.05, 0) is 22.4 Å². The first-order chi connectivity index (χ1) is 9.45. The van der Waals surface area contributed by atoms with Crippen molar-refractivity contribution in [1.29, 1.82) is 5.26 Å². The van der Waals surface area contributed by atoms with E-state index in [0.29, 0.717) is 5.56 Å². The molecule has 2 rings (SSSR count). The number of ketones is 1. The van der Waals surface area contributed by atoms with Crippen LogP contribution in [0.5, 0.6) is 0 Å². The third-order valence-electron chi connectivity index (χ3n) is 3.22. The maximum absolute atomic E-state index is 12.7. The SMILES string of the molecule is CC(C)(C)c1ccccc1C(=O)C(C#N)c1cccs1. The Hall–Kier alpha value is -1.92. The van der Waals surface area contributed by atoms with Gasteiger partial charge < -0.3 is 0 Å². The van der Waals surface area contributed by atoms with Gasteiger partial charge in [-0.3, -0.25) is 4.79 Å². The second kappa shape index (κ2) is 5.60. The fourth-order valence-corrected chi connectivity index (χ4v) is 2.98. The summed E-state index contributed by atoms with van der Waals surface area (Å²) in [7, 11) is 0. The fourth-order valence-electron chi connectivity index (χ4n) is 2.21. The molecule has 1 atom stereocenters. The summed E-state index contributed by atoms with van der Waals surface area (Å²) >= 11 is 1.45. The quantitative estimate of drug-likeness (QED) is 0.776. The zero-order valence-electron chi connectivity index (χ0n) is 11.9. The van der Waals surface area contributed by atoms with E-state index in [0.717, 1.165) is 10.4 Å². The third-order valence-corrected chi connectivity index (χ3v) is 4.16. The van der Waals surface area contributed by atoms with Crippen LogP contribution in [-0.4, -0.2) is 5.78 Å². The van der Waals surface area contributed by atoms with E-state index < -0.39 is 5.92 Å². The summed E-state index contributed by atoms with van der Waals surface area (Å²) in [5.74, 6) is -0.820. The molecule has 2 aromatic rings. The second-order valence-electron chi connectivity index (χ2n) is 5.74. The van der Waals surface area contributed by atoms with E-state index in [2.05, 4.69) is 26.8 Å². The number of benzene rings is 1. The zero-order chi connectivity index (χ0) is 14.8. The largest absolute Gasteiger partial charge is 0.292 e. The van der Waals surface area contributed by atoms with E-state index in [1.165, 1.54) is 11.3 Å². The van der Waals surface area contributed by atoms with Crippen molar-refractivity contribution >= 4 is 17.1 Å². The van der Waals surface area contributed by atoms with Crippen LogP contribution in [0, 0.1) is 11.3 Å². The van der Waals surface area contributed by atoms with Gasteiger partial charge >= 0.3 is 0 Å². The lowest BCUT2D eigenvalue weighted by Crippen LogP contribution is -2.19. The molecule has 2 nitrogen and oxygen atoms in total. The summed E-state index contributed by atoms with van der Waals surface area (Å²) in [5.41, 5.74) is 1.52. The van der Waals surface area contributed by atoms with Crippen molar-refractivity contribution in [2.45, 2.75) is 32.1 Å². The normalized spacial score (nSPS) is 12.7. The molecular weight excluding hydrogens is 266 g/mol. The first-order valence-corrected chi connectivity index (χ1v) is 7.40. The lowest BCUT2D eigenvalue weighted by atomic mass is 9.81. The number of carbonyl (C=O) groups is 1. The molecule has 1 aromatic carbocycles. The Morgan fingerprint density at radius 1 is 1.20 bits per heavy atom. The van der Waals surface area contributed by atoms with E-state index >= 15 is 0 Å². The Morgan fingerprint density at radius 2 is 1.90 bits per heavy atom. The summed E-state index contributed by atoms with van der Waals surface area (Å²) in [6, 6.07) is 13.4. The van der Waals surface area contributed by atoms with Crippen LogP contribution in [0.15, 0.2) is 41.8 Å². The van der Waals surface area contributed by atoms with Crippen LogP contribution < -0.4 is 0 Å². The average Bonchev–Trinajstić information content (AvgIpc) is 2.92. The monoisotopic (exact) mass is 283 g/mol. The standard InChI is InChI=1S/C17H17NOS/c1-17(2,3)14-8-5-4-7-12(14)16(19)13(11-18)15-9-6-10-20-15/h4-10,13H,1-3H3. The number of hydrogen-bond acceptors (Lipinski definition) is 3. The van der Waals surface area contributed by atoms with Gasteiger partial charge in [0, 0.05) is 10.4 Å². The molecule has 1 aromatic heterocycles.